The number of nitrogens with one attached hydrogen (secondary N) is 1. The molecule has 0 saturated heterocycles. The van der Waals surface area contributed by atoms with E-state index in [1.807, 2.05) is 6.07 Å². The molecule has 2 aromatic rings. The van der Waals surface area contributed by atoms with Gasteiger partial charge in [0.05, 0.1) is 19.0 Å². The molecule has 4 heteroatoms. The van der Waals surface area contributed by atoms with Gasteiger partial charge in [0.2, 0.25) is 0 Å². The fraction of sp³-hybridized carbons (Fsp3) is 0.400. The summed E-state index contributed by atoms with van der Waals surface area (Å²) >= 11 is 0. The second kappa shape index (κ2) is 5.05. The van der Waals surface area contributed by atoms with Crippen LogP contribution in [0.5, 0.6) is 5.75 Å². The van der Waals surface area contributed by atoms with Crippen LogP contribution >= 0.6 is 0 Å². The van der Waals surface area contributed by atoms with Crippen molar-refractivity contribution in [3.8, 4) is 16.9 Å². The molecule has 0 saturated carbocycles. The molecule has 0 aliphatic rings. The second-order valence-corrected chi connectivity index (χ2v) is 5.63. The van der Waals surface area contributed by atoms with Gasteiger partial charge in [0.15, 0.2) is 0 Å². The molecule has 1 heterocycles. The summed E-state index contributed by atoms with van der Waals surface area (Å²) in [6.45, 7) is 7.01. The van der Waals surface area contributed by atoms with Gasteiger partial charge in [-0.25, -0.2) is 0 Å². The Morgan fingerprint density at radius 2 is 2.00 bits per heavy atom. The SMILES string of the molecule is COc1ccc(C(C)(C)C)cc1-c1cn[nH]c1CN. The number of benzene rings is 1. The van der Waals surface area contributed by atoms with E-state index >= 15 is 0 Å². The summed E-state index contributed by atoms with van der Waals surface area (Å²) < 4.78 is 5.45. The first-order valence-electron chi connectivity index (χ1n) is 6.38. The van der Waals surface area contributed by atoms with Crippen molar-refractivity contribution in [2.24, 2.45) is 5.73 Å². The fourth-order valence-corrected chi connectivity index (χ4v) is 2.09. The third-order valence-corrected chi connectivity index (χ3v) is 3.28. The van der Waals surface area contributed by atoms with Gasteiger partial charge in [0.1, 0.15) is 5.75 Å². The van der Waals surface area contributed by atoms with E-state index in [1.54, 1.807) is 13.3 Å². The molecule has 1 aromatic carbocycles. The third kappa shape index (κ3) is 2.63. The average Bonchev–Trinajstić information content (AvgIpc) is 2.85. The summed E-state index contributed by atoms with van der Waals surface area (Å²) in [5.74, 6) is 0.837. The number of aromatic nitrogens is 2. The minimum atomic E-state index is 0.0909. The molecule has 19 heavy (non-hydrogen) atoms. The molecule has 0 aliphatic carbocycles. The van der Waals surface area contributed by atoms with Gasteiger partial charge < -0.3 is 10.5 Å². The number of hydrogen-bond donors (Lipinski definition) is 2. The number of nitrogens with zero attached hydrogens (tertiary/aromatic N) is 1. The lowest BCUT2D eigenvalue weighted by Gasteiger charge is -2.21. The third-order valence-electron chi connectivity index (χ3n) is 3.28. The standard InChI is InChI=1S/C15H21N3O/c1-15(2,3)10-5-6-14(19-4)11(7-10)12-9-17-18-13(12)8-16/h5-7,9H,8,16H2,1-4H3,(H,17,18). The van der Waals surface area contributed by atoms with Crippen LogP contribution in [0.25, 0.3) is 11.1 Å². The minimum Gasteiger partial charge on any atom is -0.496 e. The Kier molecular flexibility index (Phi) is 3.62. The Balaban J connectivity index is 2.60. The van der Waals surface area contributed by atoms with Gasteiger partial charge in [-0.3, -0.25) is 5.10 Å². The van der Waals surface area contributed by atoms with Crippen molar-refractivity contribution >= 4 is 0 Å². The van der Waals surface area contributed by atoms with Crippen LogP contribution in [0.15, 0.2) is 24.4 Å². The molecule has 3 N–H and O–H groups in total. The zero-order valence-corrected chi connectivity index (χ0v) is 11.9. The van der Waals surface area contributed by atoms with Gasteiger partial charge in [-0.15, -0.1) is 0 Å². The average molecular weight is 259 g/mol. The number of methoxy groups -OCH3 is 1. The number of rotatable bonds is 3. The van der Waals surface area contributed by atoms with Gasteiger partial charge in [-0.05, 0) is 23.1 Å². The van der Waals surface area contributed by atoms with Crippen LogP contribution in [-0.4, -0.2) is 17.3 Å². The van der Waals surface area contributed by atoms with Crippen LogP contribution < -0.4 is 10.5 Å². The highest BCUT2D eigenvalue weighted by Crippen LogP contribution is 2.35. The van der Waals surface area contributed by atoms with E-state index in [2.05, 4.69) is 43.1 Å². The number of aromatic amines is 1. The molecule has 0 aliphatic heterocycles. The fourth-order valence-electron chi connectivity index (χ4n) is 2.09. The Hall–Kier alpha value is -1.81. The monoisotopic (exact) mass is 259 g/mol. The van der Waals surface area contributed by atoms with E-state index in [4.69, 9.17) is 10.5 Å². The van der Waals surface area contributed by atoms with Crippen molar-refractivity contribution in [3.05, 3.63) is 35.7 Å². The topological polar surface area (TPSA) is 63.9 Å². The molecule has 2 rings (SSSR count). The normalized spacial score (nSPS) is 11.6. The van der Waals surface area contributed by atoms with E-state index in [-0.39, 0.29) is 5.41 Å². The lowest BCUT2D eigenvalue weighted by molar-refractivity contribution is 0.416. The molecule has 0 radical (unpaired) electrons. The first-order valence-corrected chi connectivity index (χ1v) is 6.38. The first kappa shape index (κ1) is 13.6. The summed E-state index contributed by atoms with van der Waals surface area (Å²) in [6.07, 6.45) is 1.80. The van der Waals surface area contributed by atoms with E-state index in [9.17, 15) is 0 Å². The maximum atomic E-state index is 5.74. The quantitative estimate of drug-likeness (QED) is 0.890. The molecule has 102 valence electrons. The molecule has 0 atom stereocenters. The van der Waals surface area contributed by atoms with Crippen molar-refractivity contribution < 1.29 is 4.74 Å². The predicted molar refractivity (Wildman–Crippen MR) is 77.2 cm³/mol. The van der Waals surface area contributed by atoms with Crippen LogP contribution in [0.2, 0.25) is 0 Å². The summed E-state index contributed by atoms with van der Waals surface area (Å²) in [7, 11) is 1.68. The molecule has 0 fully saturated rings. The summed E-state index contributed by atoms with van der Waals surface area (Å²) in [6, 6.07) is 6.26. The van der Waals surface area contributed by atoms with Gasteiger partial charge in [-0.2, -0.15) is 5.10 Å². The Morgan fingerprint density at radius 3 is 2.58 bits per heavy atom. The zero-order valence-electron chi connectivity index (χ0n) is 11.9. The smallest absolute Gasteiger partial charge is 0.126 e. The molecule has 0 bridgehead atoms. The number of hydrogen-bond acceptors (Lipinski definition) is 3. The summed E-state index contributed by atoms with van der Waals surface area (Å²) in [5, 5.41) is 7.01. The van der Waals surface area contributed by atoms with Crippen LogP contribution in [0.3, 0.4) is 0 Å². The minimum absolute atomic E-state index is 0.0909. The molecular weight excluding hydrogens is 238 g/mol. The predicted octanol–water partition coefficient (Wildman–Crippen LogP) is 2.84. The van der Waals surface area contributed by atoms with Gasteiger partial charge in [-0.1, -0.05) is 26.8 Å². The van der Waals surface area contributed by atoms with Crippen LogP contribution in [0.4, 0.5) is 0 Å². The summed E-state index contributed by atoms with van der Waals surface area (Å²) in [5.41, 5.74) is 10.0. The van der Waals surface area contributed by atoms with Crippen LogP contribution in [-0.2, 0) is 12.0 Å². The van der Waals surface area contributed by atoms with Crippen molar-refractivity contribution in [2.75, 3.05) is 7.11 Å². The summed E-state index contributed by atoms with van der Waals surface area (Å²) in [4.78, 5) is 0. The highest BCUT2D eigenvalue weighted by Gasteiger charge is 2.18. The number of H-pyrrole nitrogens is 1. The molecule has 0 spiro atoms. The maximum absolute atomic E-state index is 5.74. The lowest BCUT2D eigenvalue weighted by Crippen LogP contribution is -2.11. The Morgan fingerprint density at radius 1 is 1.26 bits per heavy atom. The maximum Gasteiger partial charge on any atom is 0.126 e. The van der Waals surface area contributed by atoms with Gasteiger partial charge >= 0.3 is 0 Å². The Labute approximate surface area is 114 Å². The second-order valence-electron chi connectivity index (χ2n) is 5.63. The number of nitrogens with two attached hydrogens (primary N) is 1. The van der Waals surface area contributed by atoms with Crippen LogP contribution in [0.1, 0.15) is 32.0 Å². The van der Waals surface area contributed by atoms with Gasteiger partial charge in [0.25, 0.3) is 0 Å². The van der Waals surface area contributed by atoms with E-state index in [0.717, 1.165) is 22.6 Å². The van der Waals surface area contributed by atoms with Crippen molar-refractivity contribution in [3.63, 3.8) is 0 Å². The lowest BCUT2D eigenvalue weighted by atomic mass is 9.85. The molecule has 0 unspecified atom stereocenters. The van der Waals surface area contributed by atoms with Crippen LogP contribution in [0, 0.1) is 0 Å². The van der Waals surface area contributed by atoms with Gasteiger partial charge in [0, 0.05) is 17.7 Å². The molecular formula is C15H21N3O. The number of ether oxygens (including phenoxy) is 1. The van der Waals surface area contributed by atoms with Crippen molar-refractivity contribution in [1.82, 2.24) is 10.2 Å². The highest BCUT2D eigenvalue weighted by molar-refractivity contribution is 5.73. The first-order chi connectivity index (χ1) is 8.97. The largest absolute Gasteiger partial charge is 0.496 e. The van der Waals surface area contributed by atoms with Crippen molar-refractivity contribution in [2.45, 2.75) is 32.7 Å². The molecule has 1 aromatic heterocycles. The highest BCUT2D eigenvalue weighted by atomic mass is 16.5. The van der Waals surface area contributed by atoms with E-state index in [1.165, 1.54) is 5.56 Å². The van der Waals surface area contributed by atoms with E-state index < -0.39 is 0 Å². The Bertz CT molecular complexity index is 567. The van der Waals surface area contributed by atoms with E-state index in [0.29, 0.717) is 6.54 Å². The van der Waals surface area contributed by atoms with Crippen molar-refractivity contribution in [1.29, 1.82) is 0 Å². The zero-order chi connectivity index (χ0) is 14.0. The molecule has 0 amide bonds. The molecule has 4 nitrogen and oxygen atoms in total.